The van der Waals surface area contributed by atoms with E-state index in [1.165, 1.54) is 0 Å². The summed E-state index contributed by atoms with van der Waals surface area (Å²) < 4.78 is 0. The average molecular weight is 125 g/mol. The second kappa shape index (κ2) is 2.72. The van der Waals surface area contributed by atoms with E-state index in [4.69, 9.17) is 5.73 Å². The van der Waals surface area contributed by atoms with Crippen LogP contribution < -0.4 is 5.73 Å². The quantitative estimate of drug-likeness (QED) is 0.533. The van der Waals surface area contributed by atoms with Gasteiger partial charge in [-0.05, 0) is 11.5 Å². The van der Waals surface area contributed by atoms with Crippen LogP contribution in [0, 0.1) is 5.41 Å². The summed E-state index contributed by atoms with van der Waals surface area (Å²) in [6, 6.07) is 0. The van der Waals surface area contributed by atoms with Crippen LogP contribution in [-0.2, 0) is 0 Å². The molecule has 0 spiro atoms. The van der Waals surface area contributed by atoms with Crippen molar-refractivity contribution >= 4 is 0 Å². The van der Waals surface area contributed by atoms with E-state index in [1.807, 2.05) is 12.2 Å². The van der Waals surface area contributed by atoms with Crippen LogP contribution in [0.1, 0.15) is 20.8 Å². The van der Waals surface area contributed by atoms with Crippen molar-refractivity contribution in [3.05, 3.63) is 24.4 Å². The Morgan fingerprint density at radius 3 is 2.00 bits per heavy atom. The number of hydrogen-bond acceptors (Lipinski definition) is 1. The lowest BCUT2D eigenvalue weighted by Gasteiger charge is -2.10. The van der Waals surface area contributed by atoms with Crippen LogP contribution in [0.2, 0.25) is 0 Å². The first-order valence-electron chi connectivity index (χ1n) is 3.05. The molecule has 52 valence electrons. The lowest BCUT2D eigenvalue weighted by Crippen LogP contribution is -2.00. The van der Waals surface area contributed by atoms with Gasteiger partial charge < -0.3 is 5.73 Å². The second-order valence-electron chi connectivity index (χ2n) is 3.27. The van der Waals surface area contributed by atoms with Gasteiger partial charge in [0.1, 0.15) is 0 Å². The van der Waals surface area contributed by atoms with Crippen LogP contribution in [0.25, 0.3) is 0 Å². The SMILES string of the molecule is C=C(N)/C=C\C(C)(C)C. The summed E-state index contributed by atoms with van der Waals surface area (Å²) in [6.45, 7) is 9.90. The number of allylic oxidation sites excluding steroid dienone is 2. The van der Waals surface area contributed by atoms with E-state index < -0.39 is 0 Å². The minimum atomic E-state index is 0.211. The highest BCUT2D eigenvalue weighted by Crippen LogP contribution is 2.14. The highest BCUT2D eigenvalue weighted by Gasteiger charge is 2.02. The van der Waals surface area contributed by atoms with Crippen molar-refractivity contribution in [2.24, 2.45) is 11.1 Å². The number of rotatable bonds is 1. The molecule has 2 N–H and O–H groups in total. The average Bonchev–Trinajstić information content (AvgIpc) is 1.59. The van der Waals surface area contributed by atoms with Crippen LogP contribution in [0.15, 0.2) is 24.4 Å². The van der Waals surface area contributed by atoms with Gasteiger partial charge in [0.15, 0.2) is 0 Å². The molecule has 9 heavy (non-hydrogen) atoms. The molecule has 0 atom stereocenters. The zero-order chi connectivity index (χ0) is 7.49. The molecule has 1 nitrogen and oxygen atoms in total. The topological polar surface area (TPSA) is 26.0 Å². The molecule has 0 aromatic rings. The highest BCUT2D eigenvalue weighted by molar-refractivity contribution is 5.12. The lowest BCUT2D eigenvalue weighted by atomic mass is 9.96. The molecule has 0 aliphatic rings. The summed E-state index contributed by atoms with van der Waals surface area (Å²) >= 11 is 0. The van der Waals surface area contributed by atoms with Crippen LogP contribution in [0.4, 0.5) is 0 Å². The molecule has 1 heteroatoms. The molecule has 0 bridgehead atoms. The summed E-state index contributed by atoms with van der Waals surface area (Å²) in [6.07, 6.45) is 3.87. The van der Waals surface area contributed by atoms with E-state index >= 15 is 0 Å². The maximum Gasteiger partial charge on any atom is 0.0237 e. The van der Waals surface area contributed by atoms with Gasteiger partial charge in [0.25, 0.3) is 0 Å². The van der Waals surface area contributed by atoms with E-state index in [0.29, 0.717) is 5.70 Å². The Bertz CT molecular complexity index is 126. The van der Waals surface area contributed by atoms with Crippen LogP contribution >= 0.6 is 0 Å². The summed E-state index contributed by atoms with van der Waals surface area (Å²) in [5, 5.41) is 0. The third kappa shape index (κ3) is 7.28. The first-order chi connectivity index (χ1) is 3.92. The third-order valence-electron chi connectivity index (χ3n) is 0.797. The van der Waals surface area contributed by atoms with Crippen molar-refractivity contribution < 1.29 is 0 Å². The van der Waals surface area contributed by atoms with E-state index in [-0.39, 0.29) is 5.41 Å². The normalized spacial score (nSPS) is 12.3. The van der Waals surface area contributed by atoms with Gasteiger partial charge in [-0.15, -0.1) is 0 Å². The first kappa shape index (κ1) is 8.28. The standard InChI is InChI=1S/C8H15N/c1-7(9)5-6-8(2,3)4/h5-6H,1,9H2,2-4H3/b6-5-. The van der Waals surface area contributed by atoms with Crippen molar-refractivity contribution in [1.29, 1.82) is 0 Å². The fraction of sp³-hybridized carbons (Fsp3) is 0.500. The minimum Gasteiger partial charge on any atom is -0.399 e. The lowest BCUT2D eigenvalue weighted by molar-refractivity contribution is 0.544. The van der Waals surface area contributed by atoms with Gasteiger partial charge in [-0.2, -0.15) is 0 Å². The maximum absolute atomic E-state index is 5.32. The molecule has 0 heterocycles. The van der Waals surface area contributed by atoms with E-state index in [1.54, 1.807) is 0 Å². The molecular formula is C8H15N. The summed E-state index contributed by atoms with van der Waals surface area (Å²) in [7, 11) is 0. The van der Waals surface area contributed by atoms with Gasteiger partial charge in [0.2, 0.25) is 0 Å². The Morgan fingerprint density at radius 1 is 1.44 bits per heavy atom. The molecule has 0 radical (unpaired) electrons. The van der Waals surface area contributed by atoms with Gasteiger partial charge in [-0.3, -0.25) is 0 Å². The summed E-state index contributed by atoms with van der Waals surface area (Å²) in [5.74, 6) is 0. The Hall–Kier alpha value is -0.720. The fourth-order valence-electron chi connectivity index (χ4n) is 0.357. The van der Waals surface area contributed by atoms with Crippen molar-refractivity contribution in [2.45, 2.75) is 20.8 Å². The van der Waals surface area contributed by atoms with Crippen molar-refractivity contribution in [2.75, 3.05) is 0 Å². The zero-order valence-electron chi connectivity index (χ0n) is 6.44. The van der Waals surface area contributed by atoms with E-state index in [9.17, 15) is 0 Å². The fourth-order valence-corrected chi connectivity index (χ4v) is 0.357. The van der Waals surface area contributed by atoms with Crippen LogP contribution in [0.3, 0.4) is 0 Å². The van der Waals surface area contributed by atoms with Gasteiger partial charge in [-0.25, -0.2) is 0 Å². The summed E-state index contributed by atoms with van der Waals surface area (Å²) in [5.41, 5.74) is 6.14. The van der Waals surface area contributed by atoms with Crippen molar-refractivity contribution in [3.63, 3.8) is 0 Å². The second-order valence-corrected chi connectivity index (χ2v) is 3.27. The first-order valence-corrected chi connectivity index (χ1v) is 3.05. The van der Waals surface area contributed by atoms with Crippen LogP contribution in [0.5, 0.6) is 0 Å². The minimum absolute atomic E-state index is 0.211. The van der Waals surface area contributed by atoms with Gasteiger partial charge in [0.05, 0.1) is 0 Å². The van der Waals surface area contributed by atoms with Gasteiger partial charge >= 0.3 is 0 Å². The van der Waals surface area contributed by atoms with Gasteiger partial charge in [0, 0.05) is 5.70 Å². The molecule has 0 amide bonds. The molecular weight excluding hydrogens is 110 g/mol. The smallest absolute Gasteiger partial charge is 0.0237 e. The molecule has 0 aromatic carbocycles. The summed E-state index contributed by atoms with van der Waals surface area (Å²) in [4.78, 5) is 0. The van der Waals surface area contributed by atoms with Gasteiger partial charge in [-0.1, -0.05) is 33.4 Å². The Balaban J connectivity index is 3.86. The van der Waals surface area contributed by atoms with Crippen molar-refractivity contribution in [3.8, 4) is 0 Å². The van der Waals surface area contributed by atoms with Crippen molar-refractivity contribution in [1.82, 2.24) is 0 Å². The maximum atomic E-state index is 5.32. The van der Waals surface area contributed by atoms with Crippen LogP contribution in [-0.4, -0.2) is 0 Å². The number of nitrogens with two attached hydrogens (primary N) is 1. The largest absolute Gasteiger partial charge is 0.399 e. The molecule has 0 saturated carbocycles. The number of hydrogen-bond donors (Lipinski definition) is 1. The highest BCUT2D eigenvalue weighted by atomic mass is 14.5. The monoisotopic (exact) mass is 125 g/mol. The molecule has 0 saturated heterocycles. The Morgan fingerprint density at radius 2 is 1.89 bits per heavy atom. The van der Waals surface area contributed by atoms with E-state index in [2.05, 4.69) is 27.4 Å². The third-order valence-corrected chi connectivity index (χ3v) is 0.797. The Kier molecular flexibility index (Phi) is 2.50. The molecule has 0 aromatic heterocycles. The molecule has 0 aliphatic heterocycles. The zero-order valence-corrected chi connectivity index (χ0v) is 6.44. The molecule has 0 rings (SSSR count). The molecule has 0 aliphatic carbocycles. The predicted octanol–water partition coefficient (Wildman–Crippen LogP) is 2.06. The molecule has 0 unspecified atom stereocenters. The Labute approximate surface area is 57.3 Å². The molecule has 0 fully saturated rings. The van der Waals surface area contributed by atoms with E-state index in [0.717, 1.165) is 0 Å². The predicted molar refractivity (Wildman–Crippen MR) is 41.9 cm³/mol.